The minimum atomic E-state index is -3.30. The second-order valence-electron chi connectivity index (χ2n) is 6.26. The fraction of sp³-hybridized carbons (Fsp3) is 0.625. The Morgan fingerprint density at radius 1 is 0.952 bits per heavy atom. The van der Waals surface area contributed by atoms with Crippen molar-refractivity contribution in [2.45, 2.75) is 30.6 Å². The molecule has 0 radical (unpaired) electrons. The first-order valence-corrected chi connectivity index (χ1v) is 9.36. The van der Waals surface area contributed by atoms with E-state index in [1.807, 2.05) is 6.07 Å². The predicted octanol–water partition coefficient (Wildman–Crippen LogP) is 2.09. The molecule has 21 heavy (non-hydrogen) atoms. The van der Waals surface area contributed by atoms with Crippen molar-refractivity contribution in [3.8, 4) is 0 Å². The van der Waals surface area contributed by atoms with Crippen LogP contribution < -0.4 is 5.32 Å². The van der Waals surface area contributed by atoms with Crippen LogP contribution in [-0.2, 0) is 10.0 Å². The number of sulfonamides is 1. The van der Waals surface area contributed by atoms with Crippen LogP contribution in [0.5, 0.6) is 0 Å². The van der Waals surface area contributed by atoms with E-state index >= 15 is 0 Å². The molecule has 3 rings (SSSR count). The Kier molecular flexibility index (Phi) is 4.62. The molecule has 2 aliphatic rings. The first-order valence-electron chi connectivity index (χ1n) is 7.92. The monoisotopic (exact) mass is 308 g/mol. The van der Waals surface area contributed by atoms with E-state index in [-0.39, 0.29) is 0 Å². The quantitative estimate of drug-likeness (QED) is 0.875. The molecule has 1 aromatic carbocycles. The van der Waals surface area contributed by atoms with Crippen LogP contribution in [0.3, 0.4) is 0 Å². The highest BCUT2D eigenvalue weighted by Gasteiger charge is 2.29. The summed E-state index contributed by atoms with van der Waals surface area (Å²) in [5.74, 6) is 1.52. The zero-order valence-electron chi connectivity index (χ0n) is 12.4. The van der Waals surface area contributed by atoms with Crippen molar-refractivity contribution in [3.63, 3.8) is 0 Å². The van der Waals surface area contributed by atoms with Gasteiger partial charge in [-0.05, 0) is 62.7 Å². The maximum atomic E-state index is 12.5. The molecule has 1 N–H and O–H groups in total. The van der Waals surface area contributed by atoms with E-state index in [1.165, 1.54) is 12.8 Å². The summed E-state index contributed by atoms with van der Waals surface area (Å²) in [7, 11) is -3.30. The predicted molar refractivity (Wildman–Crippen MR) is 83.5 cm³/mol. The Hall–Kier alpha value is -0.910. The lowest BCUT2D eigenvalue weighted by Gasteiger charge is -2.31. The van der Waals surface area contributed by atoms with Gasteiger partial charge >= 0.3 is 0 Å². The van der Waals surface area contributed by atoms with Crippen molar-refractivity contribution in [1.29, 1.82) is 0 Å². The molecular formula is C16H24N2O2S. The minimum Gasteiger partial charge on any atom is -0.316 e. The Balaban J connectivity index is 1.50. The molecule has 1 saturated heterocycles. The zero-order chi connectivity index (χ0) is 14.7. The second kappa shape index (κ2) is 6.46. The van der Waals surface area contributed by atoms with Crippen LogP contribution in [0.25, 0.3) is 0 Å². The molecule has 0 aromatic heterocycles. The highest BCUT2D eigenvalue weighted by Crippen LogP contribution is 2.28. The second-order valence-corrected chi connectivity index (χ2v) is 8.20. The summed E-state index contributed by atoms with van der Waals surface area (Å²) in [5.41, 5.74) is 0. The summed E-state index contributed by atoms with van der Waals surface area (Å²) < 4.78 is 26.7. The number of rotatable bonds is 6. The molecule has 1 aliphatic heterocycles. The molecule has 0 spiro atoms. The van der Waals surface area contributed by atoms with Gasteiger partial charge in [0.1, 0.15) is 0 Å². The number of hydrogen-bond donors (Lipinski definition) is 1. The smallest absolute Gasteiger partial charge is 0.243 e. The van der Waals surface area contributed by atoms with Gasteiger partial charge in [0, 0.05) is 13.1 Å². The van der Waals surface area contributed by atoms with Crippen molar-refractivity contribution in [2.24, 2.45) is 11.8 Å². The molecule has 0 bridgehead atoms. The molecule has 2 fully saturated rings. The fourth-order valence-corrected chi connectivity index (χ4v) is 4.40. The normalized spacial score (nSPS) is 21.5. The Morgan fingerprint density at radius 2 is 1.52 bits per heavy atom. The van der Waals surface area contributed by atoms with Crippen LogP contribution in [-0.4, -0.2) is 38.9 Å². The maximum Gasteiger partial charge on any atom is 0.243 e. The van der Waals surface area contributed by atoms with E-state index in [1.54, 1.807) is 28.6 Å². The lowest BCUT2D eigenvalue weighted by molar-refractivity contribution is 0.267. The van der Waals surface area contributed by atoms with Crippen LogP contribution in [0.1, 0.15) is 25.7 Å². The number of piperidine rings is 1. The first kappa shape index (κ1) is 15.0. The first-order chi connectivity index (χ1) is 10.2. The Labute approximate surface area is 127 Å². The third-order valence-electron chi connectivity index (χ3n) is 4.52. The largest absolute Gasteiger partial charge is 0.316 e. The van der Waals surface area contributed by atoms with Gasteiger partial charge in [-0.15, -0.1) is 0 Å². The summed E-state index contributed by atoms with van der Waals surface area (Å²) >= 11 is 0. The Morgan fingerprint density at radius 3 is 2.10 bits per heavy atom. The average molecular weight is 308 g/mol. The molecule has 5 heteroatoms. The lowest BCUT2D eigenvalue weighted by atomic mass is 9.98. The molecule has 1 heterocycles. The van der Waals surface area contributed by atoms with Crippen molar-refractivity contribution in [2.75, 3.05) is 26.2 Å². The minimum absolute atomic E-state index is 0.412. The highest BCUT2D eigenvalue weighted by atomic mass is 32.2. The lowest BCUT2D eigenvalue weighted by Crippen LogP contribution is -2.40. The van der Waals surface area contributed by atoms with Gasteiger partial charge in [-0.1, -0.05) is 18.2 Å². The number of benzene rings is 1. The van der Waals surface area contributed by atoms with Gasteiger partial charge in [0.05, 0.1) is 4.90 Å². The maximum absolute atomic E-state index is 12.5. The fourth-order valence-electron chi connectivity index (χ4n) is 2.91. The van der Waals surface area contributed by atoms with Crippen molar-refractivity contribution >= 4 is 10.0 Å². The SMILES string of the molecule is O=S(=O)(c1ccccc1)N1CCC(CNCC2CC2)CC1. The molecule has 1 aromatic rings. The highest BCUT2D eigenvalue weighted by molar-refractivity contribution is 7.89. The number of nitrogens with one attached hydrogen (secondary N) is 1. The molecule has 4 nitrogen and oxygen atoms in total. The van der Waals surface area contributed by atoms with Crippen LogP contribution >= 0.6 is 0 Å². The zero-order valence-corrected chi connectivity index (χ0v) is 13.2. The van der Waals surface area contributed by atoms with E-state index in [2.05, 4.69) is 5.32 Å². The topological polar surface area (TPSA) is 49.4 Å². The van der Waals surface area contributed by atoms with E-state index in [9.17, 15) is 8.42 Å². The van der Waals surface area contributed by atoms with Crippen molar-refractivity contribution in [1.82, 2.24) is 9.62 Å². The summed E-state index contributed by atoms with van der Waals surface area (Å²) in [6, 6.07) is 8.76. The van der Waals surface area contributed by atoms with Gasteiger partial charge in [0.15, 0.2) is 0 Å². The molecule has 116 valence electrons. The molecule has 1 aliphatic carbocycles. The van der Waals surface area contributed by atoms with Gasteiger partial charge in [-0.3, -0.25) is 0 Å². The third-order valence-corrected chi connectivity index (χ3v) is 6.43. The average Bonchev–Trinajstić information content (AvgIpc) is 3.33. The number of hydrogen-bond acceptors (Lipinski definition) is 3. The van der Waals surface area contributed by atoms with Crippen LogP contribution in [0.15, 0.2) is 35.2 Å². The van der Waals surface area contributed by atoms with Gasteiger partial charge in [-0.25, -0.2) is 8.42 Å². The van der Waals surface area contributed by atoms with Gasteiger partial charge in [-0.2, -0.15) is 4.31 Å². The van der Waals surface area contributed by atoms with E-state index < -0.39 is 10.0 Å². The van der Waals surface area contributed by atoms with Gasteiger partial charge < -0.3 is 5.32 Å². The summed E-state index contributed by atoms with van der Waals surface area (Å²) in [4.78, 5) is 0.412. The molecular weight excluding hydrogens is 284 g/mol. The van der Waals surface area contributed by atoms with Gasteiger partial charge in [0.25, 0.3) is 0 Å². The van der Waals surface area contributed by atoms with E-state index in [0.29, 0.717) is 23.9 Å². The van der Waals surface area contributed by atoms with E-state index in [0.717, 1.165) is 31.8 Å². The van der Waals surface area contributed by atoms with Crippen LogP contribution in [0.4, 0.5) is 0 Å². The molecule has 1 saturated carbocycles. The summed E-state index contributed by atoms with van der Waals surface area (Å²) in [6.45, 7) is 3.47. The van der Waals surface area contributed by atoms with Crippen molar-refractivity contribution < 1.29 is 8.42 Å². The van der Waals surface area contributed by atoms with Crippen molar-refractivity contribution in [3.05, 3.63) is 30.3 Å². The summed E-state index contributed by atoms with van der Waals surface area (Å²) in [6.07, 6.45) is 4.68. The standard InChI is InChI=1S/C16H24N2O2S/c19-21(20,16-4-2-1-3-5-16)18-10-8-15(9-11-18)13-17-12-14-6-7-14/h1-5,14-15,17H,6-13H2. The van der Waals surface area contributed by atoms with Crippen LogP contribution in [0, 0.1) is 11.8 Å². The summed E-state index contributed by atoms with van der Waals surface area (Å²) in [5, 5.41) is 3.53. The third kappa shape index (κ3) is 3.84. The van der Waals surface area contributed by atoms with Crippen LogP contribution in [0.2, 0.25) is 0 Å². The van der Waals surface area contributed by atoms with Gasteiger partial charge in [0.2, 0.25) is 10.0 Å². The number of nitrogens with zero attached hydrogens (tertiary/aromatic N) is 1. The molecule has 0 unspecified atom stereocenters. The van der Waals surface area contributed by atoms with E-state index in [4.69, 9.17) is 0 Å². The molecule has 0 amide bonds. The molecule has 0 atom stereocenters. The Bertz CT molecular complexity index is 547.